The molecular formula is C24H40O4. The molecule has 160 valence electrons. The lowest BCUT2D eigenvalue weighted by Crippen LogP contribution is -2.13. The van der Waals surface area contributed by atoms with Crippen LogP contribution in [0.4, 0.5) is 0 Å². The van der Waals surface area contributed by atoms with E-state index in [1.54, 1.807) is 0 Å². The lowest BCUT2D eigenvalue weighted by molar-refractivity contribution is -0.136. The van der Waals surface area contributed by atoms with Crippen LogP contribution in [0.25, 0.3) is 0 Å². The number of hydrogen-bond donors (Lipinski definition) is 2. The molecule has 0 saturated carbocycles. The first-order valence-electron chi connectivity index (χ1n) is 10.5. The van der Waals surface area contributed by atoms with Crippen LogP contribution in [0.1, 0.15) is 92.9 Å². The Morgan fingerprint density at radius 3 is 1.25 bits per heavy atom. The van der Waals surface area contributed by atoms with Crippen LogP contribution in [0.15, 0.2) is 34.4 Å². The number of carboxylic acid groups (broad SMARTS) is 2. The molecule has 4 nitrogen and oxygen atoms in total. The second kappa shape index (κ2) is 14.2. The average molecular weight is 393 g/mol. The Hall–Kier alpha value is -1.84. The number of allylic oxidation sites excluding steroid dienone is 4. The quantitative estimate of drug-likeness (QED) is 0.252. The maximum atomic E-state index is 11.7. The van der Waals surface area contributed by atoms with E-state index in [1.165, 1.54) is 11.1 Å². The highest BCUT2D eigenvalue weighted by molar-refractivity contribution is 5.98. The minimum Gasteiger partial charge on any atom is -0.478 e. The molecule has 28 heavy (non-hydrogen) atoms. The maximum Gasteiger partial charge on any atom is 0.332 e. The molecule has 0 heterocycles. The SMILES string of the molecule is CC(C)=CCCC(C)CC/C(C(=O)O)=C(\CCC(C)CCC=C(C)C)C(=O)O. The highest BCUT2D eigenvalue weighted by Gasteiger charge is 2.21. The van der Waals surface area contributed by atoms with Crippen molar-refractivity contribution in [1.29, 1.82) is 0 Å². The van der Waals surface area contributed by atoms with E-state index in [1.807, 2.05) is 0 Å². The summed E-state index contributed by atoms with van der Waals surface area (Å²) in [5.41, 5.74) is 2.73. The van der Waals surface area contributed by atoms with Gasteiger partial charge in [-0.05, 0) is 90.9 Å². The average Bonchev–Trinajstić information content (AvgIpc) is 2.56. The minimum absolute atomic E-state index is 0.0815. The van der Waals surface area contributed by atoms with Gasteiger partial charge in [-0.3, -0.25) is 0 Å². The van der Waals surface area contributed by atoms with E-state index in [9.17, 15) is 19.8 Å². The van der Waals surface area contributed by atoms with Crippen LogP contribution in [0, 0.1) is 11.8 Å². The largest absolute Gasteiger partial charge is 0.478 e. The van der Waals surface area contributed by atoms with Gasteiger partial charge in [-0.25, -0.2) is 9.59 Å². The van der Waals surface area contributed by atoms with Gasteiger partial charge in [0.2, 0.25) is 0 Å². The van der Waals surface area contributed by atoms with Crippen LogP contribution >= 0.6 is 0 Å². The lowest BCUT2D eigenvalue weighted by atomic mass is 9.90. The first-order valence-corrected chi connectivity index (χ1v) is 10.5. The van der Waals surface area contributed by atoms with Crippen LogP contribution < -0.4 is 0 Å². The summed E-state index contributed by atoms with van der Waals surface area (Å²) in [6.45, 7) is 12.5. The number of carbonyl (C=O) groups is 2. The fraction of sp³-hybridized carbons (Fsp3) is 0.667. The lowest BCUT2D eigenvalue weighted by Gasteiger charge is -2.15. The Labute approximate surface area is 171 Å². The fourth-order valence-electron chi connectivity index (χ4n) is 3.16. The van der Waals surface area contributed by atoms with Crippen molar-refractivity contribution in [2.24, 2.45) is 11.8 Å². The summed E-state index contributed by atoms with van der Waals surface area (Å²) in [6.07, 6.45) is 10.3. The second-order valence-corrected chi connectivity index (χ2v) is 8.57. The van der Waals surface area contributed by atoms with Gasteiger partial charge in [-0.15, -0.1) is 0 Å². The molecule has 0 aliphatic carbocycles. The maximum absolute atomic E-state index is 11.7. The molecule has 0 aromatic rings. The van der Waals surface area contributed by atoms with Crippen molar-refractivity contribution in [3.05, 3.63) is 34.4 Å². The number of carboxylic acids is 2. The summed E-state index contributed by atoms with van der Waals surface area (Å²) < 4.78 is 0. The van der Waals surface area contributed by atoms with Gasteiger partial charge in [0, 0.05) is 11.1 Å². The van der Waals surface area contributed by atoms with Gasteiger partial charge in [0.05, 0.1) is 0 Å². The Morgan fingerprint density at radius 1 is 0.679 bits per heavy atom. The monoisotopic (exact) mass is 392 g/mol. The van der Waals surface area contributed by atoms with Crippen molar-refractivity contribution in [3.8, 4) is 0 Å². The Balaban J connectivity index is 4.92. The van der Waals surface area contributed by atoms with Crippen molar-refractivity contribution in [2.45, 2.75) is 92.9 Å². The van der Waals surface area contributed by atoms with Gasteiger partial charge in [0.25, 0.3) is 0 Å². The van der Waals surface area contributed by atoms with Crippen molar-refractivity contribution in [1.82, 2.24) is 0 Å². The summed E-state index contributed by atoms with van der Waals surface area (Å²) in [4.78, 5) is 23.4. The molecule has 0 radical (unpaired) electrons. The van der Waals surface area contributed by atoms with E-state index >= 15 is 0 Å². The number of hydrogen-bond acceptors (Lipinski definition) is 2. The predicted molar refractivity (Wildman–Crippen MR) is 116 cm³/mol. The Kier molecular flexibility index (Phi) is 13.3. The van der Waals surface area contributed by atoms with Crippen LogP contribution in [-0.2, 0) is 9.59 Å². The standard InChI is InChI=1S/C24H40O4/c1-17(2)9-7-11-19(5)13-15-21(23(25)26)22(24(27)28)16-14-20(6)12-8-10-18(3)4/h9-10,19-20H,7-8,11-16H2,1-6H3,(H,25,26)(H,27,28)/b22-21-. The molecule has 0 aliphatic rings. The highest BCUT2D eigenvalue weighted by atomic mass is 16.4. The van der Waals surface area contributed by atoms with Crippen molar-refractivity contribution in [3.63, 3.8) is 0 Å². The van der Waals surface area contributed by atoms with Gasteiger partial charge in [-0.1, -0.05) is 37.1 Å². The van der Waals surface area contributed by atoms with E-state index in [0.29, 0.717) is 37.5 Å². The zero-order chi connectivity index (χ0) is 21.7. The van der Waals surface area contributed by atoms with E-state index < -0.39 is 11.9 Å². The normalized spacial score (nSPS) is 13.9. The van der Waals surface area contributed by atoms with Crippen molar-refractivity contribution >= 4 is 11.9 Å². The summed E-state index contributed by atoms with van der Waals surface area (Å²) >= 11 is 0. The van der Waals surface area contributed by atoms with Gasteiger partial charge < -0.3 is 10.2 Å². The summed E-state index contributed by atoms with van der Waals surface area (Å²) in [5.74, 6) is -1.46. The third-order valence-electron chi connectivity index (χ3n) is 5.08. The zero-order valence-electron chi connectivity index (χ0n) is 18.7. The topological polar surface area (TPSA) is 74.6 Å². The molecule has 2 unspecified atom stereocenters. The van der Waals surface area contributed by atoms with Crippen molar-refractivity contribution in [2.75, 3.05) is 0 Å². The molecule has 0 aromatic carbocycles. The molecule has 0 bridgehead atoms. The molecule has 0 spiro atoms. The van der Waals surface area contributed by atoms with Crippen molar-refractivity contribution < 1.29 is 19.8 Å². The molecule has 0 fully saturated rings. The number of rotatable bonds is 14. The molecule has 0 aromatic heterocycles. The smallest absolute Gasteiger partial charge is 0.332 e. The van der Waals surface area contributed by atoms with E-state index in [2.05, 4.69) is 53.7 Å². The van der Waals surface area contributed by atoms with Crippen LogP contribution in [0.2, 0.25) is 0 Å². The zero-order valence-corrected chi connectivity index (χ0v) is 18.7. The van der Waals surface area contributed by atoms with Crippen LogP contribution in [0.5, 0.6) is 0 Å². The van der Waals surface area contributed by atoms with Gasteiger partial charge in [0.1, 0.15) is 0 Å². The van der Waals surface area contributed by atoms with Crippen LogP contribution in [0.3, 0.4) is 0 Å². The molecule has 2 N–H and O–H groups in total. The summed E-state index contributed by atoms with van der Waals surface area (Å²) in [5, 5.41) is 19.2. The first-order chi connectivity index (χ1) is 13.0. The van der Waals surface area contributed by atoms with E-state index in [0.717, 1.165) is 25.7 Å². The molecule has 0 aliphatic heterocycles. The molecule has 0 amide bonds. The summed E-state index contributed by atoms with van der Waals surface area (Å²) in [7, 11) is 0. The van der Waals surface area contributed by atoms with Gasteiger partial charge in [0.15, 0.2) is 0 Å². The minimum atomic E-state index is -1.09. The second-order valence-electron chi connectivity index (χ2n) is 8.57. The van der Waals surface area contributed by atoms with Gasteiger partial charge in [-0.2, -0.15) is 0 Å². The third kappa shape index (κ3) is 12.5. The molecular weight excluding hydrogens is 352 g/mol. The predicted octanol–water partition coefficient (Wildman–Crippen LogP) is 6.78. The van der Waals surface area contributed by atoms with E-state index in [4.69, 9.17) is 0 Å². The van der Waals surface area contributed by atoms with Gasteiger partial charge >= 0.3 is 11.9 Å². The van der Waals surface area contributed by atoms with E-state index in [-0.39, 0.29) is 11.1 Å². The molecule has 2 atom stereocenters. The molecule has 0 rings (SSSR count). The molecule has 4 heteroatoms. The Bertz CT molecular complexity index is 536. The third-order valence-corrected chi connectivity index (χ3v) is 5.08. The molecule has 0 saturated heterocycles. The fourth-order valence-corrected chi connectivity index (χ4v) is 3.16. The first kappa shape index (κ1) is 26.2. The van der Waals surface area contributed by atoms with Crippen LogP contribution in [-0.4, -0.2) is 22.2 Å². The number of aliphatic carboxylic acids is 2. The highest BCUT2D eigenvalue weighted by Crippen LogP contribution is 2.24. The Morgan fingerprint density at radius 2 is 1.00 bits per heavy atom. The summed E-state index contributed by atoms with van der Waals surface area (Å²) in [6, 6.07) is 0.